The summed E-state index contributed by atoms with van der Waals surface area (Å²) >= 11 is 0. The predicted octanol–water partition coefficient (Wildman–Crippen LogP) is 4.60. The maximum Gasteiger partial charge on any atom is 0.110 e. The fraction of sp³-hybridized carbons (Fsp3) is 0.333. The lowest BCUT2D eigenvalue weighted by atomic mass is 10.1. The smallest absolute Gasteiger partial charge is 0.110 e. The number of aryl methyl sites for hydroxylation is 4. The Morgan fingerprint density at radius 1 is 1.08 bits per heavy atom. The van der Waals surface area contributed by atoms with Crippen molar-refractivity contribution in [3.05, 3.63) is 65.0 Å². The van der Waals surface area contributed by atoms with Gasteiger partial charge < -0.3 is 4.57 Å². The van der Waals surface area contributed by atoms with Gasteiger partial charge in [0.05, 0.1) is 23.0 Å². The Kier molecular flexibility index (Phi) is 4.66. The number of rotatable bonds is 5. The molecule has 0 bridgehead atoms. The first-order valence-electron chi connectivity index (χ1n) is 8.48. The normalized spacial score (nSPS) is 12.2. The summed E-state index contributed by atoms with van der Waals surface area (Å²) in [7, 11) is 0. The van der Waals surface area contributed by atoms with Gasteiger partial charge in [-0.1, -0.05) is 30.3 Å². The molecule has 1 atom stereocenters. The van der Waals surface area contributed by atoms with E-state index >= 15 is 0 Å². The summed E-state index contributed by atoms with van der Waals surface area (Å²) in [5.41, 5.74) is 6.02. The zero-order valence-corrected chi connectivity index (χ0v) is 14.6. The monoisotopic (exact) mass is 317 g/mol. The zero-order valence-electron chi connectivity index (χ0n) is 14.6. The Bertz CT molecular complexity index is 885. The summed E-state index contributed by atoms with van der Waals surface area (Å²) in [5, 5.41) is 9.22. The molecule has 1 aromatic heterocycles. The third kappa shape index (κ3) is 3.33. The van der Waals surface area contributed by atoms with Gasteiger partial charge in [-0.25, -0.2) is 4.98 Å². The van der Waals surface area contributed by atoms with Gasteiger partial charge in [-0.2, -0.15) is 5.26 Å². The molecule has 122 valence electrons. The fourth-order valence-electron chi connectivity index (χ4n) is 3.04. The van der Waals surface area contributed by atoms with Crippen molar-refractivity contribution in [2.75, 3.05) is 0 Å². The van der Waals surface area contributed by atoms with Crippen LogP contribution >= 0.6 is 0 Å². The van der Waals surface area contributed by atoms with Crippen LogP contribution in [0.5, 0.6) is 0 Å². The molecule has 1 heterocycles. The Morgan fingerprint density at radius 3 is 2.50 bits per heavy atom. The molecule has 3 aromatic rings. The van der Waals surface area contributed by atoms with Crippen molar-refractivity contribution in [3.8, 4) is 6.07 Å². The summed E-state index contributed by atoms with van der Waals surface area (Å²) in [6.07, 6.45) is 1.85. The van der Waals surface area contributed by atoms with Crippen molar-refractivity contribution in [1.29, 1.82) is 5.26 Å². The van der Waals surface area contributed by atoms with Crippen LogP contribution in [0.2, 0.25) is 0 Å². The van der Waals surface area contributed by atoms with E-state index in [-0.39, 0.29) is 5.92 Å². The van der Waals surface area contributed by atoms with Crippen LogP contribution in [0.1, 0.15) is 29.4 Å². The number of benzene rings is 2. The highest BCUT2D eigenvalue weighted by Crippen LogP contribution is 2.23. The molecule has 3 nitrogen and oxygen atoms in total. The van der Waals surface area contributed by atoms with Crippen LogP contribution in [0.4, 0.5) is 0 Å². The minimum absolute atomic E-state index is 0.0283. The van der Waals surface area contributed by atoms with Gasteiger partial charge in [0.2, 0.25) is 0 Å². The van der Waals surface area contributed by atoms with Gasteiger partial charge in [0.25, 0.3) is 0 Å². The lowest BCUT2D eigenvalue weighted by Crippen LogP contribution is -2.10. The highest BCUT2D eigenvalue weighted by molar-refractivity contribution is 5.78. The molecule has 0 N–H and O–H groups in total. The van der Waals surface area contributed by atoms with E-state index in [0.717, 1.165) is 29.7 Å². The SMILES string of the molecule is Cc1cc2nc(CCc3ccccc3)n(CC(C)C#N)c2cc1C. The van der Waals surface area contributed by atoms with E-state index in [2.05, 4.69) is 60.9 Å². The van der Waals surface area contributed by atoms with E-state index in [9.17, 15) is 5.26 Å². The van der Waals surface area contributed by atoms with E-state index in [1.807, 2.05) is 13.0 Å². The first-order valence-corrected chi connectivity index (χ1v) is 8.48. The van der Waals surface area contributed by atoms with Crippen LogP contribution in [0, 0.1) is 31.1 Å². The molecule has 0 aliphatic heterocycles. The number of aromatic nitrogens is 2. The van der Waals surface area contributed by atoms with Gasteiger partial charge in [0, 0.05) is 13.0 Å². The second-order valence-electron chi connectivity index (χ2n) is 6.58. The van der Waals surface area contributed by atoms with Crippen molar-refractivity contribution < 1.29 is 0 Å². The van der Waals surface area contributed by atoms with Gasteiger partial charge in [0.15, 0.2) is 0 Å². The number of hydrogen-bond acceptors (Lipinski definition) is 2. The molecular formula is C21H23N3. The van der Waals surface area contributed by atoms with Crippen LogP contribution in [0.25, 0.3) is 11.0 Å². The molecule has 0 aliphatic carbocycles. The summed E-state index contributed by atoms with van der Waals surface area (Å²) in [4.78, 5) is 4.87. The molecule has 0 saturated heterocycles. The Labute approximate surface area is 143 Å². The summed E-state index contributed by atoms with van der Waals surface area (Å²) < 4.78 is 2.23. The third-order valence-electron chi connectivity index (χ3n) is 4.60. The molecule has 2 aromatic carbocycles. The molecule has 3 heteroatoms. The van der Waals surface area contributed by atoms with Gasteiger partial charge >= 0.3 is 0 Å². The van der Waals surface area contributed by atoms with Crippen molar-refractivity contribution in [3.63, 3.8) is 0 Å². The zero-order chi connectivity index (χ0) is 17.1. The first-order chi connectivity index (χ1) is 11.6. The topological polar surface area (TPSA) is 41.6 Å². The highest BCUT2D eigenvalue weighted by atomic mass is 15.1. The standard InChI is InChI=1S/C21H23N3/c1-15(13-22)14-24-20-12-17(3)16(2)11-19(20)23-21(24)10-9-18-7-5-4-6-8-18/h4-8,11-12,15H,9-10,14H2,1-3H3. The van der Waals surface area contributed by atoms with Crippen LogP contribution in [0.15, 0.2) is 42.5 Å². The van der Waals surface area contributed by atoms with Crippen LogP contribution in [0.3, 0.4) is 0 Å². The van der Waals surface area contributed by atoms with E-state index in [1.165, 1.54) is 16.7 Å². The maximum absolute atomic E-state index is 9.22. The van der Waals surface area contributed by atoms with E-state index in [0.29, 0.717) is 6.54 Å². The molecule has 1 unspecified atom stereocenters. The van der Waals surface area contributed by atoms with Crippen molar-refractivity contribution in [2.24, 2.45) is 5.92 Å². The number of imidazole rings is 1. The summed E-state index contributed by atoms with van der Waals surface area (Å²) in [6.45, 7) is 6.91. The van der Waals surface area contributed by atoms with Crippen molar-refractivity contribution in [2.45, 2.75) is 40.2 Å². The Hall–Kier alpha value is -2.60. The highest BCUT2D eigenvalue weighted by Gasteiger charge is 2.14. The van der Waals surface area contributed by atoms with Crippen LogP contribution in [-0.4, -0.2) is 9.55 Å². The third-order valence-corrected chi connectivity index (χ3v) is 4.60. The minimum atomic E-state index is -0.0283. The molecule has 24 heavy (non-hydrogen) atoms. The second-order valence-corrected chi connectivity index (χ2v) is 6.58. The molecule has 0 amide bonds. The lowest BCUT2D eigenvalue weighted by Gasteiger charge is -2.11. The average Bonchev–Trinajstić information content (AvgIpc) is 2.91. The molecule has 0 spiro atoms. The van der Waals surface area contributed by atoms with Crippen LogP contribution in [-0.2, 0) is 19.4 Å². The largest absolute Gasteiger partial charge is 0.327 e. The first kappa shape index (κ1) is 16.3. The number of hydrogen-bond donors (Lipinski definition) is 0. The Morgan fingerprint density at radius 2 is 1.79 bits per heavy atom. The number of nitriles is 1. The van der Waals surface area contributed by atoms with E-state index in [4.69, 9.17) is 4.98 Å². The fourth-order valence-corrected chi connectivity index (χ4v) is 3.04. The van der Waals surface area contributed by atoms with Gasteiger partial charge in [-0.3, -0.25) is 0 Å². The van der Waals surface area contributed by atoms with Crippen LogP contribution < -0.4 is 0 Å². The minimum Gasteiger partial charge on any atom is -0.327 e. The van der Waals surface area contributed by atoms with Gasteiger partial charge in [-0.05, 0) is 56.0 Å². The number of fused-ring (bicyclic) bond motifs is 1. The molecular weight excluding hydrogens is 294 g/mol. The molecule has 0 radical (unpaired) electrons. The Balaban J connectivity index is 1.98. The van der Waals surface area contributed by atoms with Crippen molar-refractivity contribution in [1.82, 2.24) is 9.55 Å². The van der Waals surface area contributed by atoms with E-state index < -0.39 is 0 Å². The van der Waals surface area contributed by atoms with Crippen molar-refractivity contribution >= 4 is 11.0 Å². The van der Waals surface area contributed by atoms with Gasteiger partial charge in [-0.15, -0.1) is 0 Å². The summed E-state index contributed by atoms with van der Waals surface area (Å²) in [5.74, 6) is 1.04. The predicted molar refractivity (Wildman–Crippen MR) is 97.8 cm³/mol. The maximum atomic E-state index is 9.22. The lowest BCUT2D eigenvalue weighted by molar-refractivity contribution is 0.568. The molecule has 0 fully saturated rings. The number of nitrogens with zero attached hydrogens (tertiary/aromatic N) is 3. The molecule has 0 saturated carbocycles. The molecule has 0 aliphatic rings. The quantitative estimate of drug-likeness (QED) is 0.690. The average molecular weight is 317 g/mol. The molecule has 3 rings (SSSR count). The van der Waals surface area contributed by atoms with Gasteiger partial charge in [0.1, 0.15) is 5.82 Å². The van der Waals surface area contributed by atoms with E-state index in [1.54, 1.807) is 0 Å². The summed E-state index contributed by atoms with van der Waals surface area (Å²) in [6, 6.07) is 17.2. The second kappa shape index (κ2) is 6.88.